The number of rotatable bonds is 9. The summed E-state index contributed by atoms with van der Waals surface area (Å²) in [5.41, 5.74) is 6.03. The molecule has 7 nitrogen and oxygen atoms in total. The molecular weight excluding hydrogens is 628 g/mol. The second-order valence-electron chi connectivity index (χ2n) is 15.1. The summed E-state index contributed by atoms with van der Waals surface area (Å²) in [7, 11) is 0. The summed E-state index contributed by atoms with van der Waals surface area (Å²) in [6.45, 7) is 10.3. The molecule has 1 aliphatic carbocycles. The Morgan fingerprint density at radius 1 is 1.11 bits per heavy atom. The number of esters is 1. The Morgan fingerprint density at radius 2 is 1.80 bits per heavy atom. The van der Waals surface area contributed by atoms with Crippen LogP contribution in [-0.2, 0) is 24.5 Å². The van der Waals surface area contributed by atoms with Gasteiger partial charge in [0.25, 0.3) is 0 Å². The number of ketones is 1. The quantitative estimate of drug-likeness (QED) is 0.241. The number of ether oxygens (including phenoxy) is 1. The zero-order valence-electron chi connectivity index (χ0n) is 27.3. The lowest BCUT2D eigenvalue weighted by Gasteiger charge is -2.38. The molecule has 10 heteroatoms. The van der Waals surface area contributed by atoms with Gasteiger partial charge in [0.15, 0.2) is 5.78 Å². The van der Waals surface area contributed by atoms with Crippen LogP contribution in [-0.4, -0.2) is 41.9 Å². The Hall–Kier alpha value is -2.52. The first-order valence-corrected chi connectivity index (χ1v) is 17.2. The monoisotopic (exact) mass is 673 g/mol. The van der Waals surface area contributed by atoms with Crippen molar-refractivity contribution >= 4 is 46.5 Å². The molecule has 1 saturated carbocycles. The number of hydrogen-bond acceptors (Lipinski definition) is 6. The van der Waals surface area contributed by atoms with Crippen LogP contribution in [0.4, 0.5) is 10.1 Å². The van der Waals surface area contributed by atoms with Crippen LogP contribution in [0.5, 0.6) is 0 Å². The molecule has 250 valence electrons. The van der Waals surface area contributed by atoms with Crippen LogP contribution in [0.3, 0.4) is 0 Å². The minimum atomic E-state index is -1.28. The fourth-order valence-corrected chi connectivity index (χ4v) is 8.28. The van der Waals surface area contributed by atoms with Crippen LogP contribution in [0.25, 0.3) is 0 Å². The number of carbonyl (C=O) groups is 3. The van der Waals surface area contributed by atoms with Gasteiger partial charge in [0, 0.05) is 29.1 Å². The standard InChI is InChI=1S/C36H46Cl2FN3O4/c1-19(2)15-26(40)33(44)46-22-12-9-20(10-13-22)16-28(43)32-30(23-7-6-8-25(38)31(23)39)36(29(42-32)18-35(3,4)5)24-14-11-21(37)17-27(24)41-34(36)45/h6-8,11,14,17,19-20,22,26,29-30,32,42H,9-10,12-13,15-16,18,40H2,1-5H3,(H,41,45)/t20?,22?,26-,29+,30-,32-,36-/m0/s1. The Balaban J connectivity index is 1.45. The molecule has 5 atom stereocenters. The summed E-state index contributed by atoms with van der Waals surface area (Å²) in [6, 6.07) is 8.09. The van der Waals surface area contributed by atoms with E-state index in [2.05, 4.69) is 31.4 Å². The number of benzene rings is 2. The van der Waals surface area contributed by atoms with Crippen LogP contribution in [0, 0.1) is 23.1 Å². The van der Waals surface area contributed by atoms with E-state index in [0.717, 1.165) is 0 Å². The Kier molecular flexibility index (Phi) is 10.2. The smallest absolute Gasteiger partial charge is 0.323 e. The Morgan fingerprint density at radius 3 is 2.46 bits per heavy atom. The minimum Gasteiger partial charge on any atom is -0.461 e. The molecule has 5 rings (SSSR count). The molecule has 2 heterocycles. The van der Waals surface area contributed by atoms with Gasteiger partial charge in [0.1, 0.15) is 23.4 Å². The van der Waals surface area contributed by atoms with Crippen molar-refractivity contribution in [2.45, 2.75) is 115 Å². The average Bonchev–Trinajstić information content (AvgIpc) is 3.44. The molecule has 2 aromatic rings. The number of carbonyl (C=O) groups excluding carboxylic acids is 3. The number of nitrogens with one attached hydrogen (secondary N) is 2. The first-order chi connectivity index (χ1) is 21.6. The molecule has 1 saturated heterocycles. The maximum atomic E-state index is 16.0. The van der Waals surface area contributed by atoms with Gasteiger partial charge in [-0.3, -0.25) is 14.4 Å². The fourth-order valence-electron chi connectivity index (χ4n) is 7.93. The molecule has 0 aromatic heterocycles. The highest BCUT2D eigenvalue weighted by atomic mass is 35.5. The van der Waals surface area contributed by atoms with E-state index in [4.69, 9.17) is 33.7 Å². The van der Waals surface area contributed by atoms with E-state index in [0.29, 0.717) is 60.7 Å². The fraction of sp³-hybridized carbons (Fsp3) is 0.583. The number of anilines is 1. The van der Waals surface area contributed by atoms with Gasteiger partial charge in [0.2, 0.25) is 5.91 Å². The topological polar surface area (TPSA) is 111 Å². The molecule has 2 aliphatic heterocycles. The van der Waals surface area contributed by atoms with Crippen molar-refractivity contribution < 1.29 is 23.5 Å². The van der Waals surface area contributed by atoms with Gasteiger partial charge in [0.05, 0.1) is 11.1 Å². The van der Waals surface area contributed by atoms with Gasteiger partial charge in [-0.05, 0) is 85.1 Å². The van der Waals surface area contributed by atoms with Gasteiger partial charge < -0.3 is 21.1 Å². The van der Waals surface area contributed by atoms with E-state index in [1.165, 1.54) is 6.07 Å². The molecule has 0 bridgehead atoms. The van der Waals surface area contributed by atoms with E-state index < -0.39 is 35.3 Å². The second-order valence-corrected chi connectivity index (χ2v) is 15.9. The summed E-state index contributed by atoms with van der Waals surface area (Å²) in [5, 5.41) is 7.00. The van der Waals surface area contributed by atoms with Gasteiger partial charge in [-0.2, -0.15) is 0 Å². The minimum absolute atomic E-state index is 0.0613. The van der Waals surface area contributed by atoms with Crippen LogP contribution < -0.4 is 16.4 Å². The van der Waals surface area contributed by atoms with Crippen molar-refractivity contribution in [1.29, 1.82) is 0 Å². The molecule has 1 spiro atoms. The van der Waals surface area contributed by atoms with Crippen molar-refractivity contribution in [1.82, 2.24) is 5.32 Å². The zero-order chi connectivity index (χ0) is 33.6. The Labute approximate surface area is 281 Å². The van der Waals surface area contributed by atoms with Crippen molar-refractivity contribution in [2.75, 3.05) is 5.32 Å². The van der Waals surface area contributed by atoms with E-state index >= 15 is 4.39 Å². The van der Waals surface area contributed by atoms with Crippen LogP contribution in [0.15, 0.2) is 36.4 Å². The predicted molar refractivity (Wildman–Crippen MR) is 180 cm³/mol. The van der Waals surface area contributed by atoms with Gasteiger partial charge >= 0.3 is 5.97 Å². The maximum absolute atomic E-state index is 16.0. The lowest BCUT2D eigenvalue weighted by molar-refractivity contribution is -0.153. The largest absolute Gasteiger partial charge is 0.461 e. The van der Waals surface area contributed by atoms with Crippen LogP contribution >= 0.6 is 23.2 Å². The summed E-state index contributed by atoms with van der Waals surface area (Å²) in [6.07, 6.45) is 3.89. The number of nitrogens with two attached hydrogens (primary N) is 1. The SMILES string of the molecule is CC(C)C[C@H](N)C(=O)OC1CCC(CC(=O)[C@@H]2N[C@H](CC(C)(C)C)[C@]3(C(=O)Nc4cc(Cl)ccc43)[C@H]2c2cccc(Cl)c2F)CC1. The van der Waals surface area contributed by atoms with E-state index in [1.54, 1.807) is 24.3 Å². The van der Waals surface area contributed by atoms with Crippen LogP contribution in [0.1, 0.15) is 96.6 Å². The summed E-state index contributed by atoms with van der Waals surface area (Å²) in [5.74, 6) is -1.85. The van der Waals surface area contributed by atoms with Gasteiger partial charge in [-0.1, -0.05) is 76.0 Å². The highest BCUT2D eigenvalue weighted by molar-refractivity contribution is 6.31. The summed E-state index contributed by atoms with van der Waals surface area (Å²) >= 11 is 12.7. The van der Waals surface area contributed by atoms with Crippen molar-refractivity contribution in [3.63, 3.8) is 0 Å². The van der Waals surface area contributed by atoms with Crippen molar-refractivity contribution in [2.24, 2.45) is 23.0 Å². The number of hydrogen-bond donors (Lipinski definition) is 3. The maximum Gasteiger partial charge on any atom is 0.323 e. The zero-order valence-corrected chi connectivity index (χ0v) is 28.8. The summed E-state index contributed by atoms with van der Waals surface area (Å²) in [4.78, 5) is 41.2. The molecule has 4 N–H and O–H groups in total. The van der Waals surface area contributed by atoms with Crippen molar-refractivity contribution in [3.05, 3.63) is 63.4 Å². The predicted octanol–water partition coefficient (Wildman–Crippen LogP) is 7.32. The molecule has 46 heavy (non-hydrogen) atoms. The number of halogens is 3. The molecule has 2 aromatic carbocycles. The first-order valence-electron chi connectivity index (χ1n) is 16.4. The highest BCUT2D eigenvalue weighted by Gasteiger charge is 2.66. The third-order valence-corrected chi connectivity index (χ3v) is 10.4. The molecule has 3 aliphatic rings. The first kappa shape index (κ1) is 34.8. The normalized spacial score (nSPS) is 28.3. The number of amides is 1. The molecule has 0 unspecified atom stereocenters. The van der Waals surface area contributed by atoms with Crippen LogP contribution in [0.2, 0.25) is 10.0 Å². The lowest BCUT2D eigenvalue weighted by atomic mass is 9.62. The third kappa shape index (κ3) is 6.87. The average molecular weight is 675 g/mol. The molecule has 2 fully saturated rings. The van der Waals surface area contributed by atoms with Crippen molar-refractivity contribution in [3.8, 4) is 0 Å². The third-order valence-electron chi connectivity index (χ3n) is 9.88. The van der Waals surface area contributed by atoms with Gasteiger partial charge in [-0.15, -0.1) is 0 Å². The molecule has 0 radical (unpaired) electrons. The number of fused-ring (bicyclic) bond motifs is 2. The summed E-state index contributed by atoms with van der Waals surface area (Å²) < 4.78 is 21.7. The van der Waals surface area contributed by atoms with E-state index in [9.17, 15) is 14.4 Å². The van der Waals surface area contributed by atoms with E-state index in [-0.39, 0.29) is 52.1 Å². The molecule has 1 amide bonds. The van der Waals surface area contributed by atoms with E-state index in [1.807, 2.05) is 19.9 Å². The lowest BCUT2D eigenvalue weighted by Crippen LogP contribution is -2.49. The highest BCUT2D eigenvalue weighted by Crippen LogP contribution is 2.57. The van der Waals surface area contributed by atoms with Gasteiger partial charge in [-0.25, -0.2) is 4.39 Å². The molecular formula is C36H46Cl2FN3O4. The Bertz CT molecular complexity index is 1490. The number of Topliss-reactive ketones (excluding diaryl/α,β-unsaturated/α-hetero) is 1. The second kappa shape index (κ2) is 13.5.